The predicted molar refractivity (Wildman–Crippen MR) is 131 cm³/mol. The van der Waals surface area contributed by atoms with Crippen LogP contribution in [0.1, 0.15) is 38.2 Å². The van der Waals surface area contributed by atoms with E-state index < -0.39 is 5.97 Å². The Morgan fingerprint density at radius 2 is 1.97 bits per heavy atom. The Balaban J connectivity index is 1.44. The molecular weight excluding hydrogens is 454 g/mol. The molecule has 0 radical (unpaired) electrons. The molecule has 9 heteroatoms. The van der Waals surface area contributed by atoms with Gasteiger partial charge in [-0.3, -0.25) is 14.3 Å². The van der Waals surface area contributed by atoms with Crippen LogP contribution in [-0.2, 0) is 24.3 Å². The molecule has 2 aromatic carbocycles. The van der Waals surface area contributed by atoms with Crippen LogP contribution < -0.4 is 11.1 Å². The zero-order valence-electron chi connectivity index (χ0n) is 18.8. The number of anilines is 1. The minimum Gasteiger partial charge on any atom is -0.481 e. The molecule has 0 bridgehead atoms. The Labute approximate surface area is 201 Å². The van der Waals surface area contributed by atoms with Gasteiger partial charge < -0.3 is 16.2 Å². The van der Waals surface area contributed by atoms with Crippen molar-refractivity contribution in [3.63, 3.8) is 0 Å². The maximum atomic E-state index is 12.8. The average molecular weight is 478 g/mol. The number of nitrogens with zero attached hydrogens (tertiary/aromatic N) is 3. The number of hydrogen-bond acceptors (Lipinski definition) is 5. The number of carbonyl (C=O) groups is 2. The zero-order chi connectivity index (χ0) is 24.4. The van der Waals surface area contributed by atoms with Crippen molar-refractivity contribution >= 4 is 40.1 Å². The molecule has 0 aliphatic carbocycles. The van der Waals surface area contributed by atoms with Crippen molar-refractivity contribution in [3.8, 4) is 0 Å². The number of carboxylic acids is 1. The van der Waals surface area contributed by atoms with Crippen molar-refractivity contribution in [2.24, 2.45) is 0 Å². The van der Waals surface area contributed by atoms with E-state index in [2.05, 4.69) is 15.4 Å². The Hall–Kier alpha value is -3.91. The number of carboxylic acid groups (broad SMARTS) is 1. The second kappa shape index (κ2) is 9.52. The van der Waals surface area contributed by atoms with Crippen LogP contribution in [0.5, 0.6) is 0 Å². The minimum absolute atomic E-state index is 0.133. The Kier molecular flexibility index (Phi) is 6.51. The third-order valence-electron chi connectivity index (χ3n) is 5.84. The van der Waals surface area contributed by atoms with Gasteiger partial charge in [0.1, 0.15) is 5.82 Å². The Morgan fingerprint density at radius 3 is 2.71 bits per heavy atom. The molecule has 0 atom stereocenters. The number of nitrogen functional groups attached to an aromatic ring is 1. The highest BCUT2D eigenvalue weighted by Crippen LogP contribution is 2.28. The number of benzene rings is 2. The highest BCUT2D eigenvalue weighted by molar-refractivity contribution is 6.31. The molecule has 174 valence electrons. The topological polar surface area (TPSA) is 123 Å². The van der Waals surface area contributed by atoms with Gasteiger partial charge in [0.15, 0.2) is 0 Å². The van der Waals surface area contributed by atoms with E-state index >= 15 is 0 Å². The van der Waals surface area contributed by atoms with Crippen molar-refractivity contribution in [1.82, 2.24) is 20.1 Å². The van der Waals surface area contributed by atoms with Gasteiger partial charge in [-0.05, 0) is 65.3 Å². The lowest BCUT2D eigenvalue weighted by atomic mass is 9.96. The summed E-state index contributed by atoms with van der Waals surface area (Å²) in [5, 5.41) is 18.5. The number of halogens is 1. The van der Waals surface area contributed by atoms with Gasteiger partial charge in [-0.1, -0.05) is 23.7 Å². The van der Waals surface area contributed by atoms with Gasteiger partial charge in [-0.2, -0.15) is 5.10 Å². The summed E-state index contributed by atoms with van der Waals surface area (Å²) >= 11 is 6.20. The monoisotopic (exact) mass is 477 g/mol. The molecule has 4 aromatic rings. The van der Waals surface area contributed by atoms with E-state index in [1.165, 1.54) is 6.20 Å². The van der Waals surface area contributed by atoms with Crippen LogP contribution in [0.25, 0.3) is 10.8 Å². The van der Waals surface area contributed by atoms with Gasteiger partial charge in [-0.15, -0.1) is 0 Å². The lowest BCUT2D eigenvalue weighted by molar-refractivity contribution is -0.136. The van der Waals surface area contributed by atoms with Gasteiger partial charge in [-0.25, -0.2) is 4.98 Å². The van der Waals surface area contributed by atoms with Crippen molar-refractivity contribution in [2.45, 2.75) is 33.4 Å². The molecule has 0 aliphatic heterocycles. The fraction of sp³-hybridized carbons (Fsp3) is 0.200. The number of fused-ring (bicyclic) bond motifs is 1. The van der Waals surface area contributed by atoms with E-state index in [0.29, 0.717) is 35.1 Å². The summed E-state index contributed by atoms with van der Waals surface area (Å²) in [7, 11) is 0. The number of amides is 1. The standard InChI is InChI=1S/C25H24ClN5O3/c1-14-7-20-19(5-6-28-24(20)27)15(2)21(14)11-29-25(34)18-10-30-31(13-18)12-16-3-4-17(9-23(32)33)22(26)8-16/h3-8,10,13H,9,11-12H2,1-2H3,(H2,27,28)(H,29,34)(H,32,33). The quantitative estimate of drug-likeness (QED) is 0.371. The highest BCUT2D eigenvalue weighted by atomic mass is 35.5. The fourth-order valence-electron chi connectivity index (χ4n) is 4.02. The second-order valence-corrected chi connectivity index (χ2v) is 8.60. The van der Waals surface area contributed by atoms with Crippen molar-refractivity contribution in [2.75, 3.05) is 5.73 Å². The third kappa shape index (κ3) is 4.87. The number of aromatic nitrogens is 3. The van der Waals surface area contributed by atoms with Crippen molar-refractivity contribution in [3.05, 3.63) is 87.3 Å². The third-order valence-corrected chi connectivity index (χ3v) is 6.19. The van der Waals surface area contributed by atoms with E-state index in [0.717, 1.165) is 33.0 Å². The van der Waals surface area contributed by atoms with Gasteiger partial charge in [0.2, 0.25) is 0 Å². The highest BCUT2D eigenvalue weighted by Gasteiger charge is 2.14. The van der Waals surface area contributed by atoms with E-state index in [9.17, 15) is 9.59 Å². The molecule has 0 fully saturated rings. The molecule has 0 saturated heterocycles. The first-order valence-corrected chi connectivity index (χ1v) is 11.0. The van der Waals surface area contributed by atoms with Crippen LogP contribution >= 0.6 is 11.6 Å². The Morgan fingerprint density at radius 1 is 1.18 bits per heavy atom. The fourth-order valence-corrected chi connectivity index (χ4v) is 4.29. The molecule has 8 nitrogen and oxygen atoms in total. The van der Waals surface area contributed by atoms with Crippen LogP contribution in [0, 0.1) is 13.8 Å². The summed E-state index contributed by atoms with van der Waals surface area (Å²) in [5.74, 6) is -0.675. The molecule has 0 unspecified atom stereocenters. The summed E-state index contributed by atoms with van der Waals surface area (Å²) < 4.78 is 1.64. The van der Waals surface area contributed by atoms with Crippen LogP contribution in [0.15, 0.2) is 48.9 Å². The lowest BCUT2D eigenvalue weighted by Gasteiger charge is -2.14. The van der Waals surface area contributed by atoms with E-state index in [4.69, 9.17) is 22.4 Å². The molecule has 0 saturated carbocycles. The maximum Gasteiger partial charge on any atom is 0.307 e. The number of nitrogens with one attached hydrogen (secondary N) is 1. The SMILES string of the molecule is Cc1cc2c(N)nccc2c(C)c1CNC(=O)c1cnn(Cc2ccc(CC(=O)O)c(Cl)c2)c1. The molecule has 1 amide bonds. The summed E-state index contributed by atoms with van der Waals surface area (Å²) in [6, 6.07) is 9.14. The van der Waals surface area contributed by atoms with E-state index in [1.807, 2.05) is 26.0 Å². The van der Waals surface area contributed by atoms with E-state index in [-0.39, 0.29) is 12.3 Å². The normalized spacial score (nSPS) is 11.0. The van der Waals surface area contributed by atoms with E-state index in [1.54, 1.807) is 35.3 Å². The summed E-state index contributed by atoms with van der Waals surface area (Å²) in [6.45, 7) is 4.78. The summed E-state index contributed by atoms with van der Waals surface area (Å²) in [5.41, 5.74) is 11.0. The molecule has 4 N–H and O–H groups in total. The lowest BCUT2D eigenvalue weighted by Crippen LogP contribution is -2.23. The van der Waals surface area contributed by atoms with Crippen LogP contribution in [0.3, 0.4) is 0 Å². The molecule has 2 heterocycles. The molecule has 2 aromatic heterocycles. The van der Waals surface area contributed by atoms with Gasteiger partial charge in [0.25, 0.3) is 5.91 Å². The zero-order valence-corrected chi connectivity index (χ0v) is 19.6. The Bertz CT molecular complexity index is 1410. The average Bonchev–Trinajstić information content (AvgIpc) is 3.24. The molecule has 34 heavy (non-hydrogen) atoms. The van der Waals surface area contributed by atoms with Crippen molar-refractivity contribution in [1.29, 1.82) is 0 Å². The number of hydrogen-bond donors (Lipinski definition) is 3. The van der Waals surface area contributed by atoms with Crippen LogP contribution in [0.2, 0.25) is 5.02 Å². The number of pyridine rings is 1. The maximum absolute atomic E-state index is 12.8. The number of aryl methyl sites for hydroxylation is 2. The number of rotatable bonds is 7. The molecular formula is C25H24ClN5O3. The predicted octanol–water partition coefficient (Wildman–Crippen LogP) is 3.89. The first-order valence-electron chi connectivity index (χ1n) is 10.7. The summed E-state index contributed by atoms with van der Waals surface area (Å²) in [6.07, 6.45) is 4.73. The van der Waals surface area contributed by atoms with Crippen molar-refractivity contribution < 1.29 is 14.7 Å². The first-order chi connectivity index (χ1) is 16.2. The molecule has 4 rings (SSSR count). The number of nitrogens with two attached hydrogens (primary N) is 1. The van der Waals surface area contributed by atoms with Crippen LogP contribution in [-0.4, -0.2) is 31.7 Å². The smallest absolute Gasteiger partial charge is 0.307 e. The van der Waals surface area contributed by atoms with Gasteiger partial charge in [0, 0.05) is 29.3 Å². The van der Waals surface area contributed by atoms with Gasteiger partial charge in [0.05, 0.1) is 24.7 Å². The molecule has 0 aliphatic rings. The van der Waals surface area contributed by atoms with Gasteiger partial charge >= 0.3 is 5.97 Å². The number of aliphatic carboxylic acids is 1. The first kappa shape index (κ1) is 23.3. The second-order valence-electron chi connectivity index (χ2n) is 8.19. The van der Waals surface area contributed by atoms with Crippen LogP contribution in [0.4, 0.5) is 5.82 Å². The minimum atomic E-state index is -0.937. The largest absolute Gasteiger partial charge is 0.481 e. The summed E-state index contributed by atoms with van der Waals surface area (Å²) in [4.78, 5) is 27.8. The molecule has 0 spiro atoms. The number of carbonyl (C=O) groups excluding carboxylic acids is 1.